The molecule has 1 amide bonds. The molecule has 0 aromatic heterocycles. The Labute approximate surface area is 124 Å². The number of nitrogens with one attached hydrogen (secondary N) is 1. The standard InChI is InChI=1S/C14H20N2O4S/c1-10-4-5-11(21(15,18)19)8-12(10)13(17)16-9-14(2)6-3-7-20-14/h4-5,8H,3,6-7,9H2,1-2H3,(H,16,17)(H2,15,18,19). The van der Waals surface area contributed by atoms with E-state index in [4.69, 9.17) is 9.88 Å². The van der Waals surface area contributed by atoms with Crippen molar-refractivity contribution in [1.29, 1.82) is 0 Å². The predicted octanol–water partition coefficient (Wildman–Crippen LogP) is 0.941. The number of carbonyl (C=O) groups is 1. The van der Waals surface area contributed by atoms with E-state index in [1.165, 1.54) is 12.1 Å². The Morgan fingerprint density at radius 2 is 2.19 bits per heavy atom. The Morgan fingerprint density at radius 3 is 2.76 bits per heavy atom. The largest absolute Gasteiger partial charge is 0.373 e. The Kier molecular flexibility index (Phi) is 4.36. The molecule has 21 heavy (non-hydrogen) atoms. The molecule has 0 spiro atoms. The van der Waals surface area contributed by atoms with Gasteiger partial charge in [0.15, 0.2) is 0 Å². The van der Waals surface area contributed by atoms with Gasteiger partial charge in [0.25, 0.3) is 5.91 Å². The average Bonchev–Trinajstić information content (AvgIpc) is 2.83. The van der Waals surface area contributed by atoms with E-state index in [1.54, 1.807) is 13.0 Å². The second-order valence-electron chi connectivity index (χ2n) is 5.61. The lowest BCUT2D eigenvalue weighted by Crippen LogP contribution is -2.40. The van der Waals surface area contributed by atoms with Gasteiger partial charge in [-0.3, -0.25) is 4.79 Å². The maximum atomic E-state index is 12.2. The van der Waals surface area contributed by atoms with Crippen LogP contribution in [0.4, 0.5) is 0 Å². The van der Waals surface area contributed by atoms with Gasteiger partial charge in [-0.05, 0) is 44.4 Å². The minimum atomic E-state index is -3.82. The number of amides is 1. The summed E-state index contributed by atoms with van der Waals surface area (Å²) in [6, 6.07) is 4.27. The van der Waals surface area contributed by atoms with Crippen LogP contribution in [0.1, 0.15) is 35.7 Å². The highest BCUT2D eigenvalue weighted by Crippen LogP contribution is 2.24. The maximum absolute atomic E-state index is 12.2. The van der Waals surface area contributed by atoms with Crippen LogP contribution >= 0.6 is 0 Å². The summed E-state index contributed by atoms with van der Waals surface area (Å²) in [6.45, 7) is 4.79. The van der Waals surface area contributed by atoms with Crippen LogP contribution in [0.25, 0.3) is 0 Å². The average molecular weight is 312 g/mol. The van der Waals surface area contributed by atoms with Crippen LogP contribution in [-0.4, -0.2) is 33.1 Å². The Bertz CT molecular complexity index is 649. The van der Waals surface area contributed by atoms with Crippen molar-refractivity contribution in [2.24, 2.45) is 5.14 Å². The summed E-state index contributed by atoms with van der Waals surface area (Å²) in [6.07, 6.45) is 1.87. The number of aryl methyl sites for hydroxylation is 1. The van der Waals surface area contributed by atoms with Crippen LogP contribution in [0.15, 0.2) is 23.1 Å². The molecular formula is C14H20N2O4S. The van der Waals surface area contributed by atoms with E-state index in [-0.39, 0.29) is 16.4 Å². The molecule has 0 bridgehead atoms. The summed E-state index contributed by atoms with van der Waals surface area (Å²) in [5.41, 5.74) is 0.654. The molecule has 0 aliphatic carbocycles. The van der Waals surface area contributed by atoms with E-state index in [1.807, 2.05) is 6.92 Å². The fraction of sp³-hybridized carbons (Fsp3) is 0.500. The lowest BCUT2D eigenvalue weighted by atomic mass is 10.0. The first kappa shape index (κ1) is 15.9. The Balaban J connectivity index is 2.15. The van der Waals surface area contributed by atoms with E-state index < -0.39 is 10.0 Å². The molecule has 3 N–H and O–H groups in total. The highest BCUT2D eigenvalue weighted by molar-refractivity contribution is 7.89. The van der Waals surface area contributed by atoms with Gasteiger partial charge in [-0.25, -0.2) is 13.6 Å². The van der Waals surface area contributed by atoms with Crippen LogP contribution in [0, 0.1) is 6.92 Å². The van der Waals surface area contributed by atoms with Crippen LogP contribution < -0.4 is 10.5 Å². The summed E-state index contributed by atoms with van der Waals surface area (Å²) in [5.74, 6) is -0.324. The molecule has 1 heterocycles. The Morgan fingerprint density at radius 1 is 1.48 bits per heavy atom. The predicted molar refractivity (Wildman–Crippen MR) is 78.5 cm³/mol. The molecule has 6 nitrogen and oxygen atoms in total. The van der Waals surface area contributed by atoms with Crippen molar-refractivity contribution < 1.29 is 17.9 Å². The molecule has 0 saturated carbocycles. The molecular weight excluding hydrogens is 292 g/mol. The fourth-order valence-electron chi connectivity index (χ4n) is 2.36. The molecule has 1 aliphatic heterocycles. The second kappa shape index (κ2) is 5.75. The molecule has 1 saturated heterocycles. The van der Waals surface area contributed by atoms with Gasteiger partial charge in [0.1, 0.15) is 0 Å². The third kappa shape index (κ3) is 3.81. The number of benzene rings is 1. The zero-order chi connectivity index (χ0) is 15.7. The second-order valence-corrected chi connectivity index (χ2v) is 7.17. The quantitative estimate of drug-likeness (QED) is 0.864. The normalized spacial score (nSPS) is 22.2. The number of ether oxygens (including phenoxy) is 1. The first-order chi connectivity index (χ1) is 9.71. The van der Waals surface area contributed by atoms with Crippen molar-refractivity contribution in [3.63, 3.8) is 0 Å². The van der Waals surface area contributed by atoms with Gasteiger partial charge in [0.2, 0.25) is 10.0 Å². The van der Waals surface area contributed by atoms with Crippen LogP contribution in [0.2, 0.25) is 0 Å². The fourth-order valence-corrected chi connectivity index (χ4v) is 2.90. The summed E-state index contributed by atoms with van der Waals surface area (Å²) in [4.78, 5) is 12.2. The van der Waals surface area contributed by atoms with Crippen LogP contribution in [0.5, 0.6) is 0 Å². The van der Waals surface area contributed by atoms with Crippen LogP contribution in [0.3, 0.4) is 0 Å². The molecule has 1 fully saturated rings. The third-order valence-corrected chi connectivity index (χ3v) is 4.62. The third-order valence-electron chi connectivity index (χ3n) is 3.71. The van der Waals surface area contributed by atoms with Crippen molar-refractivity contribution in [3.8, 4) is 0 Å². The van der Waals surface area contributed by atoms with Gasteiger partial charge in [-0.15, -0.1) is 0 Å². The zero-order valence-corrected chi connectivity index (χ0v) is 13.0. The first-order valence-electron chi connectivity index (χ1n) is 6.77. The SMILES string of the molecule is Cc1ccc(S(N)(=O)=O)cc1C(=O)NCC1(C)CCCO1. The van der Waals surface area contributed by atoms with Crippen molar-refractivity contribution in [2.45, 2.75) is 37.2 Å². The molecule has 0 radical (unpaired) electrons. The van der Waals surface area contributed by atoms with Crippen molar-refractivity contribution >= 4 is 15.9 Å². The van der Waals surface area contributed by atoms with Gasteiger partial charge < -0.3 is 10.1 Å². The smallest absolute Gasteiger partial charge is 0.251 e. The van der Waals surface area contributed by atoms with E-state index in [0.29, 0.717) is 24.3 Å². The summed E-state index contributed by atoms with van der Waals surface area (Å²) in [5, 5.41) is 7.89. The number of sulfonamides is 1. The zero-order valence-electron chi connectivity index (χ0n) is 12.2. The van der Waals surface area contributed by atoms with E-state index in [2.05, 4.69) is 5.32 Å². The van der Waals surface area contributed by atoms with Gasteiger partial charge in [0.05, 0.1) is 10.5 Å². The molecule has 1 aromatic rings. The number of rotatable bonds is 4. The number of hydrogen-bond donors (Lipinski definition) is 2. The summed E-state index contributed by atoms with van der Waals surface area (Å²) >= 11 is 0. The maximum Gasteiger partial charge on any atom is 0.251 e. The van der Waals surface area contributed by atoms with Crippen molar-refractivity contribution in [1.82, 2.24) is 5.32 Å². The molecule has 116 valence electrons. The lowest BCUT2D eigenvalue weighted by Gasteiger charge is -2.23. The van der Waals surface area contributed by atoms with E-state index in [9.17, 15) is 13.2 Å². The van der Waals surface area contributed by atoms with E-state index in [0.717, 1.165) is 12.8 Å². The summed E-state index contributed by atoms with van der Waals surface area (Å²) < 4.78 is 28.3. The summed E-state index contributed by atoms with van der Waals surface area (Å²) in [7, 11) is -3.82. The highest BCUT2D eigenvalue weighted by Gasteiger charge is 2.30. The van der Waals surface area contributed by atoms with Crippen LogP contribution in [-0.2, 0) is 14.8 Å². The molecule has 7 heteroatoms. The first-order valence-corrected chi connectivity index (χ1v) is 8.32. The number of nitrogens with two attached hydrogens (primary N) is 1. The van der Waals surface area contributed by atoms with Crippen molar-refractivity contribution in [3.05, 3.63) is 29.3 Å². The molecule has 1 aliphatic rings. The monoisotopic (exact) mass is 312 g/mol. The Hall–Kier alpha value is -1.44. The minimum Gasteiger partial charge on any atom is -0.373 e. The molecule has 1 aromatic carbocycles. The van der Waals surface area contributed by atoms with Crippen molar-refractivity contribution in [2.75, 3.05) is 13.2 Å². The number of carbonyl (C=O) groups excluding carboxylic acids is 1. The van der Waals surface area contributed by atoms with E-state index >= 15 is 0 Å². The van der Waals surface area contributed by atoms with Gasteiger partial charge in [-0.2, -0.15) is 0 Å². The lowest BCUT2D eigenvalue weighted by molar-refractivity contribution is 0.0206. The van der Waals surface area contributed by atoms with Gasteiger partial charge in [0, 0.05) is 18.7 Å². The number of primary sulfonamides is 1. The minimum absolute atomic E-state index is 0.0680. The highest BCUT2D eigenvalue weighted by atomic mass is 32.2. The molecule has 1 atom stereocenters. The topological polar surface area (TPSA) is 98.5 Å². The van der Waals surface area contributed by atoms with Gasteiger partial charge >= 0.3 is 0 Å². The molecule has 1 unspecified atom stereocenters. The molecule has 2 rings (SSSR count). The number of hydrogen-bond acceptors (Lipinski definition) is 4. The van der Waals surface area contributed by atoms with Gasteiger partial charge in [-0.1, -0.05) is 6.07 Å².